The van der Waals surface area contributed by atoms with Gasteiger partial charge in [0.05, 0.1) is 6.34 Å². The molecule has 1 unspecified atom stereocenters. The number of phenolic OH excluding ortho intramolecular Hbond substituents is 1. The third kappa shape index (κ3) is 6.90. The first-order chi connectivity index (χ1) is 14.8. The minimum absolute atomic E-state index is 0.335. The Morgan fingerprint density at radius 3 is 2.23 bits per heavy atom. The smallest absolute Gasteiger partial charge is 0.115 e. The summed E-state index contributed by atoms with van der Waals surface area (Å²) in [4.78, 5) is 7.08. The van der Waals surface area contributed by atoms with Crippen molar-refractivity contribution in [1.29, 1.82) is 0 Å². The number of benzene rings is 2. The van der Waals surface area contributed by atoms with Crippen LogP contribution in [0.25, 0.3) is 0 Å². The summed E-state index contributed by atoms with van der Waals surface area (Å²) in [7, 11) is 0. The Kier molecular flexibility index (Phi) is 9.27. The predicted molar refractivity (Wildman–Crippen MR) is 127 cm³/mol. The molecule has 1 fully saturated rings. The van der Waals surface area contributed by atoms with Crippen LogP contribution in [0.3, 0.4) is 0 Å². The molecule has 0 spiro atoms. The van der Waals surface area contributed by atoms with Crippen LogP contribution in [-0.4, -0.2) is 36.0 Å². The number of hydrogen-bond donors (Lipinski definition) is 1. The molecule has 0 saturated carbocycles. The van der Waals surface area contributed by atoms with E-state index in [1.807, 2.05) is 12.1 Å². The highest BCUT2D eigenvalue weighted by atomic mass is 16.3. The van der Waals surface area contributed by atoms with Gasteiger partial charge in [-0.3, -0.25) is 4.99 Å². The molecule has 1 atom stereocenters. The topological polar surface area (TPSA) is 35.8 Å². The molecule has 1 heterocycles. The molecule has 2 aromatic carbocycles. The van der Waals surface area contributed by atoms with Crippen molar-refractivity contribution in [2.45, 2.75) is 64.2 Å². The van der Waals surface area contributed by atoms with E-state index in [2.05, 4.69) is 65.6 Å². The van der Waals surface area contributed by atoms with Gasteiger partial charge in [-0.1, -0.05) is 81.5 Å². The van der Waals surface area contributed by atoms with E-state index in [9.17, 15) is 5.11 Å². The van der Waals surface area contributed by atoms with Crippen LogP contribution in [0.2, 0.25) is 0 Å². The van der Waals surface area contributed by atoms with E-state index < -0.39 is 0 Å². The van der Waals surface area contributed by atoms with Gasteiger partial charge in [-0.2, -0.15) is 0 Å². The van der Waals surface area contributed by atoms with Crippen molar-refractivity contribution >= 4 is 6.34 Å². The lowest BCUT2D eigenvalue weighted by Crippen LogP contribution is -2.35. The van der Waals surface area contributed by atoms with Crippen LogP contribution in [0.1, 0.15) is 75.3 Å². The normalized spacial score (nSPS) is 16.2. The summed E-state index contributed by atoms with van der Waals surface area (Å²) in [5.74, 6) is 1.33. The summed E-state index contributed by atoms with van der Waals surface area (Å²) in [6.07, 6.45) is 12.4. The molecule has 3 rings (SSSR count). The van der Waals surface area contributed by atoms with Crippen molar-refractivity contribution < 1.29 is 5.11 Å². The van der Waals surface area contributed by atoms with Crippen molar-refractivity contribution in [2.24, 2.45) is 10.9 Å². The van der Waals surface area contributed by atoms with Gasteiger partial charge in [-0.05, 0) is 48.4 Å². The van der Waals surface area contributed by atoms with Crippen molar-refractivity contribution in [2.75, 3.05) is 19.6 Å². The number of nitrogens with zero attached hydrogens (tertiary/aromatic N) is 2. The lowest BCUT2D eigenvalue weighted by molar-refractivity contribution is 0.254. The molecule has 1 N–H and O–H groups in total. The van der Waals surface area contributed by atoms with Crippen LogP contribution in [-0.2, 0) is 0 Å². The number of phenols is 1. The van der Waals surface area contributed by atoms with Gasteiger partial charge in [0.2, 0.25) is 0 Å². The Morgan fingerprint density at radius 2 is 1.53 bits per heavy atom. The Balaban J connectivity index is 1.51. The maximum atomic E-state index is 9.71. The summed E-state index contributed by atoms with van der Waals surface area (Å²) in [5, 5.41) is 9.71. The fraction of sp³-hybridized carbons (Fsp3) is 0.519. The summed E-state index contributed by atoms with van der Waals surface area (Å²) >= 11 is 0. The Morgan fingerprint density at radius 1 is 0.900 bits per heavy atom. The number of rotatable bonds is 11. The number of unbranched alkanes of at least 4 members (excludes halogenated alkanes) is 5. The van der Waals surface area contributed by atoms with Crippen LogP contribution >= 0.6 is 0 Å². The highest BCUT2D eigenvalue weighted by Crippen LogP contribution is 2.38. The van der Waals surface area contributed by atoms with Crippen molar-refractivity contribution in [3.63, 3.8) is 0 Å². The second-order valence-electron chi connectivity index (χ2n) is 8.64. The van der Waals surface area contributed by atoms with E-state index in [-0.39, 0.29) is 0 Å². The number of aliphatic imine (C=N–C) groups is 1. The molecular formula is C27H38N2O. The minimum Gasteiger partial charge on any atom is -0.508 e. The molecule has 3 nitrogen and oxygen atoms in total. The Bertz CT molecular complexity index is 733. The summed E-state index contributed by atoms with van der Waals surface area (Å²) in [6.45, 7) is 5.38. The summed E-state index contributed by atoms with van der Waals surface area (Å²) in [6, 6.07) is 18.6. The van der Waals surface area contributed by atoms with E-state index in [1.54, 1.807) is 0 Å². The Hall–Kier alpha value is -2.29. The van der Waals surface area contributed by atoms with E-state index in [1.165, 1.54) is 62.5 Å². The average molecular weight is 407 g/mol. The maximum absolute atomic E-state index is 9.71. The molecule has 3 heteroatoms. The monoisotopic (exact) mass is 406 g/mol. The van der Waals surface area contributed by atoms with Gasteiger partial charge in [-0.15, -0.1) is 0 Å². The fourth-order valence-corrected chi connectivity index (χ4v) is 4.60. The van der Waals surface area contributed by atoms with Crippen molar-refractivity contribution in [1.82, 2.24) is 4.90 Å². The quantitative estimate of drug-likeness (QED) is 0.258. The van der Waals surface area contributed by atoms with Gasteiger partial charge < -0.3 is 10.0 Å². The van der Waals surface area contributed by atoms with Gasteiger partial charge in [0.1, 0.15) is 5.75 Å². The fourth-order valence-electron chi connectivity index (χ4n) is 4.60. The number of hydrogen-bond acceptors (Lipinski definition) is 2. The molecular weight excluding hydrogens is 368 g/mol. The standard InChI is InChI=1S/C27H38N2O/c1-2-3-4-5-6-10-19-28-22-29-20-17-25(18-21-29)27(23-11-8-7-9-12-23)24-13-15-26(30)16-14-24/h7-9,11-16,22,25,27,30H,2-6,10,17-21H2,1H3/b28-22+. The average Bonchev–Trinajstić information content (AvgIpc) is 2.79. The zero-order valence-electron chi connectivity index (χ0n) is 18.5. The summed E-state index contributed by atoms with van der Waals surface area (Å²) < 4.78 is 0. The first kappa shape index (κ1) is 22.4. The lowest BCUT2D eigenvalue weighted by Gasteiger charge is -2.36. The number of piperidine rings is 1. The van der Waals surface area contributed by atoms with E-state index in [0.717, 1.165) is 19.6 Å². The first-order valence-electron chi connectivity index (χ1n) is 11.9. The molecule has 0 bridgehead atoms. The van der Waals surface area contributed by atoms with Gasteiger partial charge in [-0.25, -0.2) is 0 Å². The van der Waals surface area contributed by atoms with Crippen LogP contribution in [0, 0.1) is 5.92 Å². The van der Waals surface area contributed by atoms with Crippen LogP contribution in [0.15, 0.2) is 59.6 Å². The first-order valence-corrected chi connectivity index (χ1v) is 11.9. The predicted octanol–water partition coefficient (Wildman–Crippen LogP) is 6.62. The molecule has 2 aromatic rings. The molecule has 162 valence electrons. The molecule has 30 heavy (non-hydrogen) atoms. The zero-order valence-corrected chi connectivity index (χ0v) is 18.5. The largest absolute Gasteiger partial charge is 0.508 e. The van der Waals surface area contributed by atoms with Gasteiger partial charge in [0.15, 0.2) is 0 Å². The van der Waals surface area contributed by atoms with E-state index in [4.69, 9.17) is 0 Å². The van der Waals surface area contributed by atoms with Crippen molar-refractivity contribution in [3.05, 3.63) is 65.7 Å². The van der Waals surface area contributed by atoms with Gasteiger partial charge >= 0.3 is 0 Å². The minimum atomic E-state index is 0.335. The lowest BCUT2D eigenvalue weighted by atomic mass is 9.76. The molecule has 1 aliphatic heterocycles. The second kappa shape index (κ2) is 12.4. The zero-order chi connectivity index (χ0) is 21.0. The van der Waals surface area contributed by atoms with Crippen LogP contribution in [0.5, 0.6) is 5.75 Å². The number of likely N-dealkylation sites (tertiary alicyclic amines) is 1. The molecule has 1 saturated heterocycles. The summed E-state index contributed by atoms with van der Waals surface area (Å²) in [5.41, 5.74) is 2.67. The highest BCUT2D eigenvalue weighted by Gasteiger charge is 2.28. The van der Waals surface area contributed by atoms with Crippen LogP contribution < -0.4 is 0 Å². The second-order valence-corrected chi connectivity index (χ2v) is 8.64. The molecule has 0 aliphatic carbocycles. The number of aromatic hydroxyl groups is 1. The third-order valence-electron chi connectivity index (χ3n) is 6.34. The Labute approximate surface area is 182 Å². The van der Waals surface area contributed by atoms with E-state index in [0.29, 0.717) is 17.6 Å². The van der Waals surface area contributed by atoms with Gasteiger partial charge in [0.25, 0.3) is 0 Å². The highest BCUT2D eigenvalue weighted by molar-refractivity contribution is 5.55. The molecule has 1 aliphatic rings. The SMILES string of the molecule is CCCCCCCC/N=C/N1CCC(C(c2ccccc2)c2ccc(O)cc2)CC1. The maximum Gasteiger partial charge on any atom is 0.115 e. The van der Waals surface area contributed by atoms with Gasteiger partial charge in [0, 0.05) is 25.6 Å². The third-order valence-corrected chi connectivity index (χ3v) is 6.34. The van der Waals surface area contributed by atoms with E-state index >= 15 is 0 Å². The molecule has 0 amide bonds. The van der Waals surface area contributed by atoms with Crippen molar-refractivity contribution in [3.8, 4) is 5.75 Å². The molecule has 0 radical (unpaired) electrons. The molecule has 0 aromatic heterocycles. The van der Waals surface area contributed by atoms with Crippen LogP contribution in [0.4, 0.5) is 0 Å².